The second-order valence-electron chi connectivity index (χ2n) is 7.21. The Balaban J connectivity index is 1.47. The van der Waals surface area contributed by atoms with Gasteiger partial charge in [-0.1, -0.05) is 30.3 Å². The van der Waals surface area contributed by atoms with Gasteiger partial charge in [0.25, 0.3) is 0 Å². The maximum Gasteiger partial charge on any atom is 0.410 e. The first-order valence-corrected chi connectivity index (χ1v) is 9.55. The molecule has 2 fully saturated rings. The van der Waals surface area contributed by atoms with E-state index >= 15 is 0 Å². The Morgan fingerprint density at radius 2 is 1.78 bits per heavy atom. The van der Waals surface area contributed by atoms with Gasteiger partial charge in [0.2, 0.25) is 0 Å². The highest BCUT2D eigenvalue weighted by molar-refractivity contribution is 5.84. The quantitative estimate of drug-likeness (QED) is 0.795. The van der Waals surface area contributed by atoms with Crippen LogP contribution in [0.1, 0.15) is 31.7 Å². The van der Waals surface area contributed by atoms with Crippen molar-refractivity contribution >= 4 is 17.9 Å². The fraction of sp³-hybridized carbons (Fsp3) is 0.550. The predicted octanol–water partition coefficient (Wildman–Crippen LogP) is 2.50. The van der Waals surface area contributed by atoms with E-state index in [-0.39, 0.29) is 37.1 Å². The van der Waals surface area contributed by atoms with E-state index in [1.807, 2.05) is 35.2 Å². The summed E-state index contributed by atoms with van der Waals surface area (Å²) in [6, 6.07) is 9.67. The summed E-state index contributed by atoms with van der Waals surface area (Å²) in [6.45, 7) is 4.47. The predicted molar refractivity (Wildman–Crippen MR) is 100 cm³/mol. The molecule has 3 amide bonds. The van der Waals surface area contributed by atoms with E-state index < -0.39 is 0 Å². The summed E-state index contributed by atoms with van der Waals surface area (Å²) in [7, 11) is 0. The molecule has 7 heteroatoms. The maximum absolute atomic E-state index is 12.6. The van der Waals surface area contributed by atoms with Crippen LogP contribution in [0.3, 0.4) is 0 Å². The molecule has 1 aromatic rings. The van der Waals surface area contributed by atoms with Crippen molar-refractivity contribution in [2.45, 2.75) is 38.8 Å². The lowest BCUT2D eigenvalue weighted by molar-refractivity contribution is -0.118. The largest absolute Gasteiger partial charge is 0.445 e. The highest BCUT2D eigenvalue weighted by Gasteiger charge is 2.34. The van der Waals surface area contributed by atoms with E-state index in [1.165, 1.54) is 6.92 Å². The number of carbonyl (C=O) groups is 3. The summed E-state index contributed by atoms with van der Waals surface area (Å²) >= 11 is 0. The number of nitrogens with zero attached hydrogens (tertiary/aromatic N) is 3. The standard InChI is InChI=1S/C20H27N3O4/c1-16(24)14-22-10-5-11-23(19(22)25)18-8-12-21(13-9-18)20(26)27-15-17-6-3-2-4-7-17/h2-4,6-7,18H,5,8-15H2,1H3. The van der Waals surface area contributed by atoms with Crippen molar-refractivity contribution in [2.75, 3.05) is 32.7 Å². The molecule has 0 saturated carbocycles. The van der Waals surface area contributed by atoms with Gasteiger partial charge in [-0.3, -0.25) is 4.79 Å². The first-order valence-electron chi connectivity index (χ1n) is 9.55. The van der Waals surface area contributed by atoms with Gasteiger partial charge in [0, 0.05) is 32.2 Å². The van der Waals surface area contributed by atoms with Gasteiger partial charge in [-0.25, -0.2) is 9.59 Å². The van der Waals surface area contributed by atoms with Gasteiger partial charge in [-0.2, -0.15) is 0 Å². The highest BCUT2D eigenvalue weighted by atomic mass is 16.6. The summed E-state index contributed by atoms with van der Waals surface area (Å²) in [6.07, 6.45) is 2.04. The molecular weight excluding hydrogens is 346 g/mol. The van der Waals surface area contributed by atoms with E-state index in [0.29, 0.717) is 19.6 Å². The second-order valence-corrected chi connectivity index (χ2v) is 7.21. The van der Waals surface area contributed by atoms with E-state index in [9.17, 15) is 14.4 Å². The number of carbonyl (C=O) groups excluding carboxylic acids is 3. The number of benzene rings is 1. The summed E-state index contributed by atoms with van der Waals surface area (Å²) in [5.74, 6) is 0.00109. The fourth-order valence-corrected chi connectivity index (χ4v) is 3.73. The number of ether oxygens (including phenoxy) is 1. The third-order valence-electron chi connectivity index (χ3n) is 5.13. The second kappa shape index (κ2) is 8.88. The van der Waals surface area contributed by atoms with Gasteiger partial charge in [0.1, 0.15) is 12.4 Å². The normalized spacial score (nSPS) is 18.6. The molecular formula is C20H27N3O4. The lowest BCUT2D eigenvalue weighted by atomic mass is 10.0. The van der Waals surface area contributed by atoms with Crippen LogP contribution in [0.5, 0.6) is 0 Å². The van der Waals surface area contributed by atoms with Gasteiger partial charge in [0.05, 0.1) is 6.54 Å². The van der Waals surface area contributed by atoms with Crippen molar-refractivity contribution in [1.29, 1.82) is 0 Å². The number of hydrogen-bond donors (Lipinski definition) is 0. The van der Waals surface area contributed by atoms with Crippen LogP contribution in [0.4, 0.5) is 9.59 Å². The minimum absolute atomic E-state index is 0.00109. The summed E-state index contributed by atoms with van der Waals surface area (Å²) in [5.41, 5.74) is 0.963. The summed E-state index contributed by atoms with van der Waals surface area (Å²) < 4.78 is 5.39. The van der Waals surface area contributed by atoms with Crippen LogP contribution in [0.15, 0.2) is 30.3 Å². The molecule has 2 aliphatic heterocycles. The Morgan fingerprint density at radius 3 is 2.44 bits per heavy atom. The first-order chi connectivity index (χ1) is 13.0. The average Bonchev–Trinajstić information content (AvgIpc) is 2.68. The van der Waals surface area contributed by atoms with E-state index in [0.717, 1.165) is 31.4 Å². The SMILES string of the molecule is CC(=O)CN1CCCN(C2CCN(C(=O)OCc3ccccc3)CC2)C1=O. The third-order valence-corrected chi connectivity index (χ3v) is 5.13. The number of Topliss-reactive ketones (excluding diaryl/α,β-unsaturated/α-hetero) is 1. The Bertz CT molecular complexity index is 671. The smallest absolute Gasteiger partial charge is 0.410 e. The van der Waals surface area contributed by atoms with Gasteiger partial charge in [-0.05, 0) is 31.7 Å². The molecule has 0 radical (unpaired) electrons. The molecule has 2 saturated heterocycles. The third kappa shape index (κ3) is 4.99. The number of rotatable bonds is 5. The van der Waals surface area contributed by atoms with Gasteiger partial charge in [-0.15, -0.1) is 0 Å². The molecule has 2 heterocycles. The first kappa shape index (κ1) is 19.2. The molecule has 0 bridgehead atoms. The van der Waals surface area contributed by atoms with Gasteiger partial charge in [0.15, 0.2) is 0 Å². The lowest BCUT2D eigenvalue weighted by Gasteiger charge is -2.43. The van der Waals surface area contributed by atoms with Crippen LogP contribution < -0.4 is 0 Å². The molecule has 3 rings (SSSR count). The number of hydrogen-bond acceptors (Lipinski definition) is 4. The monoisotopic (exact) mass is 373 g/mol. The van der Waals surface area contributed by atoms with Crippen molar-refractivity contribution in [1.82, 2.24) is 14.7 Å². The summed E-state index contributed by atoms with van der Waals surface area (Å²) in [4.78, 5) is 41.5. The molecule has 0 aliphatic carbocycles. The minimum atomic E-state index is -0.305. The van der Waals surface area contributed by atoms with Crippen molar-refractivity contribution in [2.24, 2.45) is 0 Å². The van der Waals surface area contributed by atoms with Crippen LogP contribution in [-0.2, 0) is 16.1 Å². The zero-order valence-electron chi connectivity index (χ0n) is 15.8. The van der Waals surface area contributed by atoms with Crippen molar-refractivity contribution in [3.8, 4) is 0 Å². The molecule has 0 N–H and O–H groups in total. The number of urea groups is 1. The van der Waals surface area contributed by atoms with Crippen LogP contribution >= 0.6 is 0 Å². The molecule has 7 nitrogen and oxygen atoms in total. The average molecular weight is 373 g/mol. The molecule has 27 heavy (non-hydrogen) atoms. The van der Waals surface area contributed by atoms with Crippen LogP contribution in [0, 0.1) is 0 Å². The van der Waals surface area contributed by atoms with E-state index in [1.54, 1.807) is 9.80 Å². The van der Waals surface area contributed by atoms with Gasteiger partial charge < -0.3 is 19.4 Å². The Kier molecular flexibility index (Phi) is 6.32. The molecule has 0 spiro atoms. The Labute approximate surface area is 159 Å². The van der Waals surface area contributed by atoms with Crippen molar-refractivity contribution in [3.05, 3.63) is 35.9 Å². The van der Waals surface area contributed by atoms with E-state index in [4.69, 9.17) is 4.74 Å². The molecule has 0 unspecified atom stereocenters. The molecule has 146 valence electrons. The molecule has 0 aromatic heterocycles. The molecule has 1 aromatic carbocycles. The van der Waals surface area contributed by atoms with Crippen LogP contribution in [0.2, 0.25) is 0 Å². The van der Waals surface area contributed by atoms with E-state index in [2.05, 4.69) is 0 Å². The fourth-order valence-electron chi connectivity index (χ4n) is 3.73. The zero-order chi connectivity index (χ0) is 19.2. The lowest BCUT2D eigenvalue weighted by Crippen LogP contribution is -2.56. The zero-order valence-corrected chi connectivity index (χ0v) is 15.8. The number of likely N-dealkylation sites (tertiary alicyclic amines) is 1. The Hall–Kier alpha value is -2.57. The van der Waals surface area contributed by atoms with Crippen LogP contribution in [0.25, 0.3) is 0 Å². The van der Waals surface area contributed by atoms with Crippen LogP contribution in [-0.4, -0.2) is 71.4 Å². The molecule has 2 aliphatic rings. The number of piperidine rings is 1. The number of ketones is 1. The minimum Gasteiger partial charge on any atom is -0.445 e. The highest BCUT2D eigenvalue weighted by Crippen LogP contribution is 2.22. The molecule has 0 atom stereocenters. The van der Waals surface area contributed by atoms with Crippen molar-refractivity contribution in [3.63, 3.8) is 0 Å². The topological polar surface area (TPSA) is 70.2 Å². The number of amides is 3. The summed E-state index contributed by atoms with van der Waals surface area (Å²) in [5, 5.41) is 0. The van der Waals surface area contributed by atoms with Gasteiger partial charge >= 0.3 is 12.1 Å². The van der Waals surface area contributed by atoms with Crippen molar-refractivity contribution < 1.29 is 19.1 Å². The Morgan fingerprint density at radius 1 is 1.07 bits per heavy atom. The maximum atomic E-state index is 12.6.